The normalized spacial score (nSPS) is 11.3. The molecule has 5 heteroatoms. The molecule has 4 nitrogen and oxygen atoms in total. The Kier molecular flexibility index (Phi) is 6.65. The monoisotopic (exact) mass is 382 g/mol. The summed E-state index contributed by atoms with van der Waals surface area (Å²) in [4.78, 5) is 12.6. The average Bonchev–Trinajstić information content (AvgIpc) is 2.63. The van der Waals surface area contributed by atoms with Crippen molar-refractivity contribution >= 4 is 29.3 Å². The Balaban J connectivity index is 2.41. The Morgan fingerprint density at radius 1 is 1.30 bits per heavy atom. The van der Waals surface area contributed by atoms with Crippen LogP contribution in [0.25, 0.3) is 6.08 Å². The molecule has 0 aliphatic carbocycles. The lowest BCUT2D eigenvalue weighted by Gasteiger charge is -2.15. The lowest BCUT2D eigenvalue weighted by molar-refractivity contribution is -0.112. The zero-order valence-corrected chi connectivity index (χ0v) is 16.9. The molecule has 0 saturated heterocycles. The Labute approximate surface area is 165 Å². The summed E-state index contributed by atoms with van der Waals surface area (Å²) in [5.41, 5.74) is 4.13. The number of anilines is 1. The maximum absolute atomic E-state index is 12.6. The van der Waals surface area contributed by atoms with Crippen molar-refractivity contribution in [2.45, 2.75) is 33.6 Å². The molecule has 2 rings (SSSR count). The van der Waals surface area contributed by atoms with E-state index in [4.69, 9.17) is 16.3 Å². The predicted octanol–water partition coefficient (Wildman–Crippen LogP) is 5.63. The quantitative estimate of drug-likeness (QED) is 0.538. The number of halogens is 1. The number of hydrogen-bond donors (Lipinski definition) is 1. The number of carbonyl (C=O) groups is 1. The van der Waals surface area contributed by atoms with Gasteiger partial charge in [-0.2, -0.15) is 5.26 Å². The van der Waals surface area contributed by atoms with E-state index in [9.17, 15) is 10.1 Å². The number of nitrogens with one attached hydrogen (secondary N) is 1. The van der Waals surface area contributed by atoms with Gasteiger partial charge in [-0.25, -0.2) is 0 Å². The molecule has 0 bridgehead atoms. The summed E-state index contributed by atoms with van der Waals surface area (Å²) in [6, 6.07) is 11.1. The Morgan fingerprint density at radius 2 is 2.00 bits per heavy atom. The second-order valence-electron chi connectivity index (χ2n) is 6.64. The van der Waals surface area contributed by atoms with Gasteiger partial charge in [0, 0.05) is 10.7 Å². The van der Waals surface area contributed by atoms with Crippen molar-refractivity contribution in [1.82, 2.24) is 0 Å². The maximum atomic E-state index is 12.6. The van der Waals surface area contributed by atoms with Gasteiger partial charge in [-0.05, 0) is 72.4 Å². The van der Waals surface area contributed by atoms with E-state index in [2.05, 4.69) is 19.2 Å². The smallest absolute Gasteiger partial charge is 0.266 e. The highest BCUT2D eigenvalue weighted by atomic mass is 35.5. The van der Waals surface area contributed by atoms with E-state index >= 15 is 0 Å². The molecule has 0 spiro atoms. The molecule has 0 heterocycles. The van der Waals surface area contributed by atoms with Crippen LogP contribution in [0.15, 0.2) is 35.9 Å². The van der Waals surface area contributed by atoms with E-state index in [-0.39, 0.29) is 11.5 Å². The number of hydrogen-bond acceptors (Lipinski definition) is 3. The largest absolute Gasteiger partial charge is 0.496 e. The topological polar surface area (TPSA) is 62.1 Å². The number of ether oxygens (including phenoxy) is 1. The molecule has 0 aromatic heterocycles. The molecule has 0 aliphatic heterocycles. The van der Waals surface area contributed by atoms with Gasteiger partial charge in [0.2, 0.25) is 0 Å². The summed E-state index contributed by atoms with van der Waals surface area (Å²) in [6.45, 7) is 7.88. The summed E-state index contributed by atoms with van der Waals surface area (Å²) < 4.78 is 5.45. The average molecular weight is 383 g/mol. The van der Waals surface area contributed by atoms with E-state index in [1.807, 2.05) is 32.0 Å². The van der Waals surface area contributed by atoms with Gasteiger partial charge in [-0.3, -0.25) is 4.79 Å². The minimum Gasteiger partial charge on any atom is -0.496 e. The first-order valence-corrected chi connectivity index (χ1v) is 9.03. The molecule has 2 aromatic rings. The van der Waals surface area contributed by atoms with Crippen molar-refractivity contribution in [3.05, 3.63) is 63.2 Å². The van der Waals surface area contributed by atoms with Gasteiger partial charge in [0.25, 0.3) is 5.91 Å². The number of amides is 1. The van der Waals surface area contributed by atoms with Crippen LogP contribution in [0.2, 0.25) is 5.02 Å². The van der Waals surface area contributed by atoms with Crippen molar-refractivity contribution in [3.8, 4) is 11.8 Å². The third-order valence-corrected chi connectivity index (χ3v) is 4.83. The molecule has 140 valence electrons. The van der Waals surface area contributed by atoms with Crippen LogP contribution in [0.1, 0.15) is 42.0 Å². The van der Waals surface area contributed by atoms with Crippen LogP contribution in [0.4, 0.5) is 5.69 Å². The van der Waals surface area contributed by atoms with Gasteiger partial charge < -0.3 is 10.1 Å². The van der Waals surface area contributed by atoms with Crippen molar-refractivity contribution in [1.29, 1.82) is 5.26 Å². The van der Waals surface area contributed by atoms with Crippen molar-refractivity contribution < 1.29 is 9.53 Å². The fourth-order valence-corrected chi connectivity index (χ4v) is 2.91. The van der Waals surface area contributed by atoms with Gasteiger partial charge >= 0.3 is 0 Å². The lowest BCUT2D eigenvalue weighted by atomic mass is 9.95. The first kappa shape index (κ1) is 20.5. The fourth-order valence-electron chi connectivity index (χ4n) is 2.74. The first-order valence-electron chi connectivity index (χ1n) is 8.65. The van der Waals surface area contributed by atoms with E-state index < -0.39 is 5.91 Å². The van der Waals surface area contributed by atoms with Crippen LogP contribution in [-0.2, 0) is 4.79 Å². The second kappa shape index (κ2) is 8.75. The second-order valence-corrected chi connectivity index (χ2v) is 7.05. The SMILES string of the molecule is COc1cc(C)c(C=C(C#N)C(=O)Nc2cccc(Cl)c2C)cc1C(C)C. The zero-order chi connectivity index (χ0) is 20.1. The van der Waals surface area contributed by atoms with Gasteiger partial charge in [-0.1, -0.05) is 31.5 Å². The zero-order valence-electron chi connectivity index (χ0n) is 16.2. The molecule has 27 heavy (non-hydrogen) atoms. The Morgan fingerprint density at radius 3 is 2.59 bits per heavy atom. The molecule has 2 aromatic carbocycles. The molecule has 0 atom stereocenters. The summed E-state index contributed by atoms with van der Waals surface area (Å²) in [5.74, 6) is 0.586. The van der Waals surface area contributed by atoms with Gasteiger partial charge in [0.15, 0.2) is 0 Å². The third kappa shape index (κ3) is 4.69. The molecule has 0 fully saturated rings. The van der Waals surface area contributed by atoms with E-state index in [1.54, 1.807) is 31.4 Å². The molecule has 1 N–H and O–H groups in total. The minimum atomic E-state index is -0.468. The minimum absolute atomic E-state index is 0.0253. The van der Waals surface area contributed by atoms with Gasteiger partial charge in [-0.15, -0.1) is 0 Å². The Hall–Kier alpha value is -2.77. The van der Waals surface area contributed by atoms with Gasteiger partial charge in [0.1, 0.15) is 17.4 Å². The molecule has 0 radical (unpaired) electrons. The summed E-state index contributed by atoms with van der Waals surface area (Å²) in [6.07, 6.45) is 1.61. The summed E-state index contributed by atoms with van der Waals surface area (Å²) in [7, 11) is 1.64. The third-order valence-electron chi connectivity index (χ3n) is 4.42. The van der Waals surface area contributed by atoms with E-state index in [0.717, 1.165) is 28.0 Å². The highest BCUT2D eigenvalue weighted by Gasteiger charge is 2.15. The molecular formula is C22H23ClN2O2. The lowest BCUT2D eigenvalue weighted by Crippen LogP contribution is -2.14. The molecular weight excluding hydrogens is 360 g/mol. The highest BCUT2D eigenvalue weighted by Crippen LogP contribution is 2.31. The molecule has 0 aliphatic rings. The number of nitrogens with zero attached hydrogens (tertiary/aromatic N) is 1. The summed E-state index contributed by atoms with van der Waals surface area (Å²) >= 11 is 6.09. The number of benzene rings is 2. The van der Waals surface area contributed by atoms with E-state index in [0.29, 0.717) is 10.7 Å². The summed E-state index contributed by atoms with van der Waals surface area (Å²) in [5, 5.41) is 12.8. The van der Waals surface area contributed by atoms with Crippen LogP contribution in [0.3, 0.4) is 0 Å². The number of methoxy groups -OCH3 is 1. The highest BCUT2D eigenvalue weighted by molar-refractivity contribution is 6.31. The van der Waals surface area contributed by atoms with Crippen LogP contribution in [0, 0.1) is 25.2 Å². The fraction of sp³-hybridized carbons (Fsp3) is 0.273. The standard InChI is InChI=1S/C22H23ClN2O2/c1-13(2)18-11-16(14(3)9-21(18)27-5)10-17(12-24)22(26)25-20-8-6-7-19(23)15(20)4/h6-11,13H,1-5H3,(H,25,26). The molecule has 1 amide bonds. The molecule has 0 unspecified atom stereocenters. The van der Waals surface area contributed by atoms with Crippen molar-refractivity contribution in [3.63, 3.8) is 0 Å². The number of carbonyl (C=O) groups excluding carboxylic acids is 1. The van der Waals surface area contributed by atoms with Crippen LogP contribution < -0.4 is 10.1 Å². The van der Waals surface area contributed by atoms with Gasteiger partial charge in [0.05, 0.1) is 7.11 Å². The van der Waals surface area contributed by atoms with Crippen molar-refractivity contribution in [2.24, 2.45) is 0 Å². The number of aryl methyl sites for hydroxylation is 1. The number of rotatable bonds is 5. The van der Waals surface area contributed by atoms with Crippen LogP contribution in [0.5, 0.6) is 5.75 Å². The van der Waals surface area contributed by atoms with Crippen molar-refractivity contribution in [2.75, 3.05) is 12.4 Å². The first-order chi connectivity index (χ1) is 12.8. The maximum Gasteiger partial charge on any atom is 0.266 e. The Bertz CT molecular complexity index is 940. The number of nitriles is 1. The van der Waals surface area contributed by atoms with Crippen LogP contribution >= 0.6 is 11.6 Å². The molecule has 0 saturated carbocycles. The predicted molar refractivity (Wildman–Crippen MR) is 110 cm³/mol. The van der Waals surface area contributed by atoms with Crippen LogP contribution in [-0.4, -0.2) is 13.0 Å². The van der Waals surface area contributed by atoms with E-state index in [1.165, 1.54) is 0 Å².